The van der Waals surface area contributed by atoms with Crippen molar-refractivity contribution in [2.45, 2.75) is 88.3 Å². The van der Waals surface area contributed by atoms with Gasteiger partial charge >= 0.3 is 0 Å². The Morgan fingerprint density at radius 2 is 1.55 bits per heavy atom. The Balaban J connectivity index is 1.51. The molecule has 0 aromatic heterocycles. The summed E-state index contributed by atoms with van der Waals surface area (Å²) >= 11 is 2.10. The number of nitrogens with one attached hydrogen (secondary N) is 1. The van der Waals surface area contributed by atoms with E-state index in [0.29, 0.717) is 0 Å². The van der Waals surface area contributed by atoms with Crippen LogP contribution in [0.25, 0.3) is 0 Å². The van der Waals surface area contributed by atoms with E-state index in [1.165, 1.54) is 82.1 Å². The van der Waals surface area contributed by atoms with Gasteiger partial charge in [0.15, 0.2) is 0 Å². The first-order chi connectivity index (χ1) is 9.86. The van der Waals surface area contributed by atoms with Crippen LogP contribution in [0.4, 0.5) is 0 Å². The lowest BCUT2D eigenvalue weighted by Gasteiger charge is -2.44. The van der Waals surface area contributed by atoms with Gasteiger partial charge in [0.2, 0.25) is 0 Å². The smallest absolute Gasteiger partial charge is 0.0713 e. The molecule has 116 valence electrons. The fourth-order valence-corrected chi connectivity index (χ4v) is 5.45. The molecule has 1 unspecified atom stereocenters. The standard InChI is InChI=1S/C17H31NOS/c1-2-4-6-15(7-5-3-1)18-16-8-11-19-17(14-16)9-12-20-13-10-17/h15-16,18H,1-14H2. The summed E-state index contributed by atoms with van der Waals surface area (Å²) in [7, 11) is 0. The molecular formula is C17H31NOS. The van der Waals surface area contributed by atoms with E-state index in [1.54, 1.807) is 0 Å². The van der Waals surface area contributed by atoms with Crippen LogP contribution in [-0.4, -0.2) is 35.8 Å². The number of ether oxygens (including phenoxy) is 1. The molecule has 0 radical (unpaired) electrons. The Bertz CT molecular complexity index is 277. The topological polar surface area (TPSA) is 21.3 Å². The highest BCUT2D eigenvalue weighted by Gasteiger charge is 2.39. The van der Waals surface area contributed by atoms with Gasteiger partial charge in [-0.05, 0) is 50.0 Å². The first-order valence-electron chi connectivity index (χ1n) is 8.84. The molecule has 1 atom stereocenters. The maximum Gasteiger partial charge on any atom is 0.0713 e. The van der Waals surface area contributed by atoms with Crippen LogP contribution in [0.3, 0.4) is 0 Å². The highest BCUT2D eigenvalue weighted by molar-refractivity contribution is 7.99. The summed E-state index contributed by atoms with van der Waals surface area (Å²) in [5, 5.41) is 4.01. The Morgan fingerprint density at radius 3 is 2.30 bits per heavy atom. The van der Waals surface area contributed by atoms with Crippen LogP contribution >= 0.6 is 11.8 Å². The predicted molar refractivity (Wildman–Crippen MR) is 87.5 cm³/mol. The second-order valence-corrected chi connectivity index (χ2v) is 8.27. The molecule has 1 saturated carbocycles. The van der Waals surface area contributed by atoms with Crippen molar-refractivity contribution in [1.29, 1.82) is 0 Å². The molecule has 3 heteroatoms. The SMILES string of the molecule is C1CCCC(NC2CCOC3(CCSCC3)C2)CCC1. The fourth-order valence-electron chi connectivity index (χ4n) is 4.22. The summed E-state index contributed by atoms with van der Waals surface area (Å²) in [6.07, 6.45) is 15.1. The molecule has 2 heterocycles. The van der Waals surface area contributed by atoms with Gasteiger partial charge in [-0.1, -0.05) is 32.1 Å². The number of hydrogen-bond acceptors (Lipinski definition) is 3. The van der Waals surface area contributed by atoms with Gasteiger partial charge in [-0.2, -0.15) is 11.8 Å². The third kappa shape index (κ3) is 4.14. The van der Waals surface area contributed by atoms with Crippen LogP contribution < -0.4 is 5.32 Å². The van der Waals surface area contributed by atoms with Crippen LogP contribution in [0.2, 0.25) is 0 Å². The molecule has 0 amide bonds. The molecule has 3 fully saturated rings. The van der Waals surface area contributed by atoms with Gasteiger partial charge in [0, 0.05) is 18.7 Å². The summed E-state index contributed by atoms with van der Waals surface area (Å²) < 4.78 is 6.22. The first kappa shape index (κ1) is 15.2. The zero-order valence-electron chi connectivity index (χ0n) is 12.9. The van der Waals surface area contributed by atoms with Crippen molar-refractivity contribution in [2.75, 3.05) is 18.1 Å². The monoisotopic (exact) mass is 297 g/mol. The highest BCUT2D eigenvalue weighted by Crippen LogP contribution is 2.37. The Hall–Kier alpha value is 0.270. The zero-order chi connectivity index (χ0) is 13.7. The lowest BCUT2D eigenvalue weighted by Crippen LogP contribution is -2.51. The maximum atomic E-state index is 6.22. The molecule has 3 rings (SSSR count). The fraction of sp³-hybridized carbons (Fsp3) is 1.00. The first-order valence-corrected chi connectivity index (χ1v) is 10.00. The van der Waals surface area contributed by atoms with E-state index in [2.05, 4.69) is 17.1 Å². The molecular weight excluding hydrogens is 266 g/mol. The summed E-state index contributed by atoms with van der Waals surface area (Å²) in [6, 6.07) is 1.50. The average Bonchev–Trinajstić information content (AvgIpc) is 2.43. The highest BCUT2D eigenvalue weighted by atomic mass is 32.2. The van der Waals surface area contributed by atoms with E-state index < -0.39 is 0 Å². The molecule has 1 aliphatic carbocycles. The summed E-state index contributed by atoms with van der Waals surface area (Å²) in [5.74, 6) is 2.60. The number of thioether (sulfide) groups is 1. The zero-order valence-corrected chi connectivity index (χ0v) is 13.7. The van der Waals surface area contributed by atoms with Gasteiger partial charge in [0.25, 0.3) is 0 Å². The van der Waals surface area contributed by atoms with Crippen LogP contribution in [0, 0.1) is 0 Å². The van der Waals surface area contributed by atoms with Crippen molar-refractivity contribution in [3.63, 3.8) is 0 Å². The maximum absolute atomic E-state index is 6.22. The van der Waals surface area contributed by atoms with Crippen molar-refractivity contribution >= 4 is 11.8 Å². The summed E-state index contributed by atoms with van der Waals surface area (Å²) in [5.41, 5.74) is 0.239. The quantitative estimate of drug-likeness (QED) is 0.828. The van der Waals surface area contributed by atoms with E-state index in [-0.39, 0.29) is 5.60 Å². The molecule has 0 bridgehead atoms. The molecule has 1 spiro atoms. The van der Waals surface area contributed by atoms with Crippen molar-refractivity contribution in [2.24, 2.45) is 0 Å². The van der Waals surface area contributed by atoms with Gasteiger partial charge < -0.3 is 10.1 Å². The molecule has 2 saturated heterocycles. The van der Waals surface area contributed by atoms with Crippen LogP contribution in [0.15, 0.2) is 0 Å². The van der Waals surface area contributed by atoms with E-state index in [1.807, 2.05) is 0 Å². The van der Waals surface area contributed by atoms with Gasteiger partial charge in [-0.25, -0.2) is 0 Å². The second-order valence-electron chi connectivity index (χ2n) is 7.04. The van der Waals surface area contributed by atoms with Crippen molar-refractivity contribution < 1.29 is 4.74 Å². The van der Waals surface area contributed by atoms with E-state index in [9.17, 15) is 0 Å². The van der Waals surface area contributed by atoms with Gasteiger partial charge in [0.05, 0.1) is 5.60 Å². The Morgan fingerprint density at radius 1 is 0.850 bits per heavy atom. The number of hydrogen-bond donors (Lipinski definition) is 1. The van der Waals surface area contributed by atoms with E-state index >= 15 is 0 Å². The largest absolute Gasteiger partial charge is 0.375 e. The molecule has 20 heavy (non-hydrogen) atoms. The molecule has 0 aromatic carbocycles. The normalized spacial score (nSPS) is 32.7. The predicted octanol–water partition coefficient (Wildman–Crippen LogP) is 4.13. The summed E-state index contributed by atoms with van der Waals surface area (Å²) in [4.78, 5) is 0. The third-order valence-corrected chi connectivity index (χ3v) is 6.46. The van der Waals surface area contributed by atoms with Crippen molar-refractivity contribution in [1.82, 2.24) is 5.32 Å². The minimum Gasteiger partial charge on any atom is -0.375 e. The lowest BCUT2D eigenvalue weighted by molar-refractivity contribution is -0.0944. The summed E-state index contributed by atoms with van der Waals surface area (Å²) in [6.45, 7) is 0.981. The molecule has 3 aliphatic rings. The lowest BCUT2D eigenvalue weighted by atomic mass is 9.84. The number of rotatable bonds is 2. The Kier molecular flexibility index (Phi) is 5.70. The Labute approximate surface area is 128 Å². The minimum absolute atomic E-state index is 0.239. The second kappa shape index (κ2) is 7.51. The molecule has 1 N–H and O–H groups in total. The van der Waals surface area contributed by atoms with Gasteiger partial charge in [0.1, 0.15) is 0 Å². The van der Waals surface area contributed by atoms with Gasteiger partial charge in [-0.3, -0.25) is 0 Å². The van der Waals surface area contributed by atoms with Crippen LogP contribution in [-0.2, 0) is 4.74 Å². The third-order valence-electron chi connectivity index (χ3n) is 5.47. The average molecular weight is 298 g/mol. The molecule has 2 nitrogen and oxygen atoms in total. The van der Waals surface area contributed by atoms with Crippen LogP contribution in [0.5, 0.6) is 0 Å². The van der Waals surface area contributed by atoms with Crippen LogP contribution in [0.1, 0.15) is 70.6 Å². The van der Waals surface area contributed by atoms with Crippen molar-refractivity contribution in [3.05, 3.63) is 0 Å². The molecule has 0 aromatic rings. The van der Waals surface area contributed by atoms with E-state index in [4.69, 9.17) is 4.74 Å². The van der Waals surface area contributed by atoms with E-state index in [0.717, 1.165) is 18.7 Å². The van der Waals surface area contributed by atoms with Gasteiger partial charge in [-0.15, -0.1) is 0 Å². The minimum atomic E-state index is 0.239. The van der Waals surface area contributed by atoms with Crippen molar-refractivity contribution in [3.8, 4) is 0 Å². The molecule has 2 aliphatic heterocycles.